The minimum atomic E-state index is -0.912. The van der Waals surface area contributed by atoms with Crippen LogP contribution in [0.1, 0.15) is 39.2 Å². The number of amides is 1. The van der Waals surface area contributed by atoms with Gasteiger partial charge in [0.05, 0.1) is 6.42 Å². The molecule has 116 valence electrons. The predicted molar refractivity (Wildman–Crippen MR) is 80.4 cm³/mol. The first-order valence-corrected chi connectivity index (χ1v) is 7.03. The fourth-order valence-electron chi connectivity index (χ4n) is 1.73. The second-order valence-electron chi connectivity index (χ2n) is 5.85. The van der Waals surface area contributed by atoms with Crippen LogP contribution in [0.15, 0.2) is 24.3 Å². The number of aryl methyl sites for hydroxylation is 1. The highest BCUT2D eigenvalue weighted by Gasteiger charge is 2.11. The standard InChI is InChI=1S/C16H23NO4/c1-16(2,3)21-13-7-4-12(5-8-13)6-9-14(18)17-11-10-15(19)20/h4-5,7-8H,6,9-11H2,1-3H3,(H,17,18)(H,19,20). The van der Waals surface area contributed by atoms with E-state index in [0.29, 0.717) is 12.8 Å². The van der Waals surface area contributed by atoms with Crippen molar-refractivity contribution in [3.63, 3.8) is 0 Å². The average molecular weight is 293 g/mol. The number of hydrogen-bond donors (Lipinski definition) is 2. The minimum Gasteiger partial charge on any atom is -0.488 e. The molecule has 0 saturated carbocycles. The molecule has 0 atom stereocenters. The molecule has 0 aliphatic heterocycles. The van der Waals surface area contributed by atoms with E-state index >= 15 is 0 Å². The van der Waals surface area contributed by atoms with Gasteiger partial charge >= 0.3 is 5.97 Å². The summed E-state index contributed by atoms with van der Waals surface area (Å²) in [6, 6.07) is 7.66. The molecule has 0 saturated heterocycles. The molecule has 5 heteroatoms. The maximum absolute atomic E-state index is 11.5. The Balaban J connectivity index is 2.35. The molecule has 0 bridgehead atoms. The van der Waals surface area contributed by atoms with Crippen molar-refractivity contribution in [1.29, 1.82) is 0 Å². The Bertz CT molecular complexity index is 474. The van der Waals surface area contributed by atoms with E-state index in [1.54, 1.807) is 0 Å². The van der Waals surface area contributed by atoms with Crippen LogP contribution in [-0.4, -0.2) is 29.1 Å². The molecule has 0 aliphatic rings. The van der Waals surface area contributed by atoms with Crippen molar-refractivity contribution in [3.8, 4) is 5.75 Å². The van der Waals surface area contributed by atoms with Crippen LogP contribution < -0.4 is 10.1 Å². The van der Waals surface area contributed by atoms with Gasteiger partial charge in [-0.3, -0.25) is 9.59 Å². The molecule has 2 N–H and O–H groups in total. The van der Waals surface area contributed by atoms with Crippen LogP contribution in [0.5, 0.6) is 5.75 Å². The highest BCUT2D eigenvalue weighted by atomic mass is 16.5. The maximum atomic E-state index is 11.5. The SMILES string of the molecule is CC(C)(C)Oc1ccc(CCC(=O)NCCC(=O)O)cc1. The lowest BCUT2D eigenvalue weighted by Crippen LogP contribution is -2.26. The van der Waals surface area contributed by atoms with Gasteiger partial charge in [-0.05, 0) is 44.9 Å². The highest BCUT2D eigenvalue weighted by molar-refractivity contribution is 5.77. The van der Waals surface area contributed by atoms with Crippen LogP contribution in [0.2, 0.25) is 0 Å². The Morgan fingerprint density at radius 2 is 1.76 bits per heavy atom. The van der Waals surface area contributed by atoms with E-state index in [1.807, 2.05) is 45.0 Å². The maximum Gasteiger partial charge on any atom is 0.305 e. The number of aliphatic carboxylic acids is 1. The third-order valence-electron chi connectivity index (χ3n) is 2.65. The summed E-state index contributed by atoms with van der Waals surface area (Å²) in [6.45, 7) is 6.14. The summed E-state index contributed by atoms with van der Waals surface area (Å²) in [5.74, 6) is -0.242. The van der Waals surface area contributed by atoms with Crippen molar-refractivity contribution >= 4 is 11.9 Å². The van der Waals surface area contributed by atoms with Crippen LogP contribution >= 0.6 is 0 Å². The van der Waals surface area contributed by atoms with Crippen LogP contribution in [0, 0.1) is 0 Å². The molecule has 1 rings (SSSR count). The van der Waals surface area contributed by atoms with Crippen molar-refractivity contribution < 1.29 is 19.4 Å². The molecule has 0 unspecified atom stereocenters. The van der Waals surface area contributed by atoms with Crippen molar-refractivity contribution in [1.82, 2.24) is 5.32 Å². The molecule has 0 fully saturated rings. The van der Waals surface area contributed by atoms with Gasteiger partial charge in [0.1, 0.15) is 11.4 Å². The van der Waals surface area contributed by atoms with E-state index in [0.717, 1.165) is 11.3 Å². The number of rotatable bonds is 7. The summed E-state index contributed by atoms with van der Waals surface area (Å²) in [5.41, 5.74) is 0.815. The van der Waals surface area contributed by atoms with Gasteiger partial charge in [0, 0.05) is 13.0 Å². The summed E-state index contributed by atoms with van der Waals surface area (Å²) in [4.78, 5) is 21.9. The number of hydrogen-bond acceptors (Lipinski definition) is 3. The molecule has 21 heavy (non-hydrogen) atoms. The topological polar surface area (TPSA) is 75.6 Å². The number of nitrogens with one attached hydrogen (secondary N) is 1. The lowest BCUT2D eigenvalue weighted by molar-refractivity contribution is -0.136. The molecule has 0 radical (unpaired) electrons. The number of benzene rings is 1. The number of carboxylic acid groups (broad SMARTS) is 1. The normalized spacial score (nSPS) is 11.0. The Morgan fingerprint density at radius 3 is 2.29 bits per heavy atom. The Labute approximate surface area is 125 Å². The molecule has 0 spiro atoms. The lowest BCUT2D eigenvalue weighted by Gasteiger charge is -2.21. The predicted octanol–water partition coefficient (Wildman–Crippen LogP) is 2.39. The third-order valence-corrected chi connectivity index (χ3v) is 2.65. The zero-order chi connectivity index (χ0) is 15.9. The van der Waals surface area contributed by atoms with Crippen molar-refractivity contribution in [3.05, 3.63) is 29.8 Å². The minimum absolute atomic E-state index is 0.0510. The molecule has 0 aromatic heterocycles. The van der Waals surface area contributed by atoms with Gasteiger partial charge in [-0.1, -0.05) is 12.1 Å². The first kappa shape index (κ1) is 17.0. The van der Waals surface area contributed by atoms with Crippen molar-refractivity contribution in [2.24, 2.45) is 0 Å². The lowest BCUT2D eigenvalue weighted by atomic mass is 10.1. The third kappa shape index (κ3) is 7.97. The second kappa shape index (κ2) is 7.67. The number of carbonyl (C=O) groups excluding carboxylic acids is 1. The number of carboxylic acids is 1. The fraction of sp³-hybridized carbons (Fsp3) is 0.500. The summed E-state index contributed by atoms with van der Waals surface area (Å²) < 4.78 is 5.72. The zero-order valence-corrected chi connectivity index (χ0v) is 12.8. The summed E-state index contributed by atoms with van der Waals surface area (Å²) in [7, 11) is 0. The highest BCUT2D eigenvalue weighted by Crippen LogP contribution is 2.18. The Hall–Kier alpha value is -2.04. The van der Waals surface area contributed by atoms with Gasteiger partial charge < -0.3 is 15.2 Å². The van der Waals surface area contributed by atoms with Crippen LogP contribution in [0.25, 0.3) is 0 Å². The van der Waals surface area contributed by atoms with Crippen molar-refractivity contribution in [2.75, 3.05) is 6.54 Å². The van der Waals surface area contributed by atoms with Crippen LogP contribution in [-0.2, 0) is 16.0 Å². The first-order valence-electron chi connectivity index (χ1n) is 7.03. The van der Waals surface area contributed by atoms with Gasteiger partial charge in [-0.15, -0.1) is 0 Å². The average Bonchev–Trinajstić information content (AvgIpc) is 2.35. The van der Waals surface area contributed by atoms with Crippen LogP contribution in [0.4, 0.5) is 0 Å². The van der Waals surface area contributed by atoms with E-state index in [1.165, 1.54) is 0 Å². The van der Waals surface area contributed by atoms with Gasteiger partial charge in [-0.25, -0.2) is 0 Å². The van der Waals surface area contributed by atoms with E-state index in [2.05, 4.69) is 5.32 Å². The van der Waals surface area contributed by atoms with Gasteiger partial charge in [0.25, 0.3) is 0 Å². The molecule has 1 aromatic rings. The van der Waals surface area contributed by atoms with E-state index in [-0.39, 0.29) is 24.5 Å². The largest absolute Gasteiger partial charge is 0.488 e. The molecular formula is C16H23NO4. The van der Waals surface area contributed by atoms with E-state index in [4.69, 9.17) is 9.84 Å². The van der Waals surface area contributed by atoms with E-state index < -0.39 is 5.97 Å². The summed E-state index contributed by atoms with van der Waals surface area (Å²) in [6.07, 6.45) is 0.915. The Kier molecular flexibility index (Phi) is 6.21. The zero-order valence-electron chi connectivity index (χ0n) is 12.8. The molecule has 1 aromatic carbocycles. The summed E-state index contributed by atoms with van der Waals surface area (Å²) in [5, 5.41) is 11.1. The van der Waals surface area contributed by atoms with Crippen molar-refractivity contribution in [2.45, 2.75) is 45.6 Å². The quantitative estimate of drug-likeness (QED) is 0.809. The molecular weight excluding hydrogens is 270 g/mol. The smallest absolute Gasteiger partial charge is 0.305 e. The molecule has 5 nitrogen and oxygen atoms in total. The number of carbonyl (C=O) groups is 2. The van der Waals surface area contributed by atoms with Gasteiger partial charge in [0.2, 0.25) is 5.91 Å². The van der Waals surface area contributed by atoms with Gasteiger partial charge in [0.15, 0.2) is 0 Å². The first-order chi connectivity index (χ1) is 9.76. The fourth-order valence-corrected chi connectivity index (χ4v) is 1.73. The summed E-state index contributed by atoms with van der Waals surface area (Å²) >= 11 is 0. The molecule has 1 amide bonds. The second-order valence-corrected chi connectivity index (χ2v) is 5.85. The van der Waals surface area contributed by atoms with E-state index in [9.17, 15) is 9.59 Å². The van der Waals surface area contributed by atoms with Crippen LogP contribution in [0.3, 0.4) is 0 Å². The number of ether oxygens (including phenoxy) is 1. The molecule has 0 aliphatic carbocycles. The monoisotopic (exact) mass is 293 g/mol. The Morgan fingerprint density at radius 1 is 1.14 bits per heavy atom. The molecule has 0 heterocycles. The van der Waals surface area contributed by atoms with Gasteiger partial charge in [-0.2, -0.15) is 0 Å².